The third-order valence-electron chi connectivity index (χ3n) is 1.31. The molecule has 0 aliphatic rings. The molecule has 0 aromatic carbocycles. The van der Waals surface area contributed by atoms with Crippen molar-refractivity contribution in [2.45, 2.75) is 13.8 Å². The second-order valence-electron chi connectivity index (χ2n) is 2.46. The largest absolute Gasteiger partial charge is 0.255 e. The number of rotatable bonds is 3. The zero-order chi connectivity index (χ0) is 8.15. The fraction of sp³-hybridized carbons (Fsp3) is 0.714. The van der Waals surface area contributed by atoms with Gasteiger partial charge >= 0.3 is 0 Å². The molecule has 0 saturated heterocycles. The molecule has 3 heteroatoms. The van der Waals surface area contributed by atoms with Crippen molar-refractivity contribution in [2.75, 3.05) is 14.1 Å². The fourth-order valence-electron chi connectivity index (χ4n) is 0.565. The summed E-state index contributed by atoms with van der Waals surface area (Å²) in [5, 5.41) is 9.12. The zero-order valence-corrected chi connectivity index (χ0v) is 7.13. The van der Waals surface area contributed by atoms with Crippen LogP contribution in [0.15, 0.2) is 22.6 Å². The molecule has 10 heavy (non-hydrogen) atoms. The van der Waals surface area contributed by atoms with Crippen molar-refractivity contribution in [1.29, 1.82) is 0 Å². The van der Waals surface area contributed by atoms with Crippen LogP contribution in [0.3, 0.4) is 0 Å². The molecular weight excluding hydrogens is 126 g/mol. The van der Waals surface area contributed by atoms with E-state index < -0.39 is 0 Å². The van der Waals surface area contributed by atoms with E-state index in [9.17, 15) is 0 Å². The molecule has 0 bridgehead atoms. The third-order valence-corrected chi connectivity index (χ3v) is 1.31. The Morgan fingerprint density at radius 3 is 2.30 bits per heavy atom. The SMILES string of the molecule is C=C(C(C)C)N(C)/N=N\C. The topological polar surface area (TPSA) is 28.0 Å². The van der Waals surface area contributed by atoms with E-state index in [1.54, 1.807) is 12.1 Å². The van der Waals surface area contributed by atoms with Gasteiger partial charge in [-0.3, -0.25) is 5.01 Å². The maximum absolute atomic E-state index is 3.84. The van der Waals surface area contributed by atoms with Crippen LogP contribution < -0.4 is 0 Å². The summed E-state index contributed by atoms with van der Waals surface area (Å²) in [7, 11) is 3.49. The van der Waals surface area contributed by atoms with Gasteiger partial charge in [-0.05, 0) is 5.92 Å². The Balaban J connectivity index is 3.95. The van der Waals surface area contributed by atoms with Crippen LogP contribution in [0.1, 0.15) is 13.8 Å². The van der Waals surface area contributed by atoms with Crippen molar-refractivity contribution >= 4 is 0 Å². The smallest absolute Gasteiger partial charge is 0.0509 e. The second-order valence-corrected chi connectivity index (χ2v) is 2.46. The lowest BCUT2D eigenvalue weighted by atomic mass is 10.1. The van der Waals surface area contributed by atoms with Crippen LogP contribution in [0.5, 0.6) is 0 Å². The highest BCUT2D eigenvalue weighted by molar-refractivity contribution is 4.93. The molecule has 0 atom stereocenters. The molecule has 0 aromatic heterocycles. The highest BCUT2D eigenvalue weighted by Crippen LogP contribution is 2.10. The van der Waals surface area contributed by atoms with Gasteiger partial charge in [-0.1, -0.05) is 25.6 Å². The maximum Gasteiger partial charge on any atom is 0.0509 e. The first-order chi connectivity index (χ1) is 4.59. The number of hydrogen-bond acceptors (Lipinski definition) is 2. The first kappa shape index (κ1) is 9.14. The van der Waals surface area contributed by atoms with Gasteiger partial charge in [0.05, 0.1) is 7.05 Å². The summed E-state index contributed by atoms with van der Waals surface area (Å²) in [5.74, 6) is 0.426. The van der Waals surface area contributed by atoms with Crippen molar-refractivity contribution in [3.8, 4) is 0 Å². The van der Waals surface area contributed by atoms with E-state index in [4.69, 9.17) is 0 Å². The maximum atomic E-state index is 3.84. The molecule has 58 valence electrons. The van der Waals surface area contributed by atoms with Gasteiger partial charge in [-0.15, -0.1) is 0 Å². The van der Waals surface area contributed by atoms with Gasteiger partial charge in [-0.2, -0.15) is 5.11 Å². The van der Waals surface area contributed by atoms with Crippen molar-refractivity contribution < 1.29 is 0 Å². The Labute approximate surface area is 62.4 Å². The molecule has 0 N–H and O–H groups in total. The highest BCUT2D eigenvalue weighted by atomic mass is 15.5. The minimum atomic E-state index is 0.426. The van der Waals surface area contributed by atoms with Gasteiger partial charge in [0.15, 0.2) is 0 Å². The van der Waals surface area contributed by atoms with Crippen LogP contribution in [0.25, 0.3) is 0 Å². The van der Waals surface area contributed by atoms with Gasteiger partial charge in [0.2, 0.25) is 0 Å². The molecule has 3 nitrogen and oxygen atoms in total. The van der Waals surface area contributed by atoms with E-state index in [0.29, 0.717) is 5.92 Å². The Morgan fingerprint density at radius 1 is 1.50 bits per heavy atom. The Bertz CT molecular complexity index is 138. The quantitative estimate of drug-likeness (QED) is 0.437. The molecule has 0 rings (SSSR count). The summed E-state index contributed by atoms with van der Waals surface area (Å²) in [6.07, 6.45) is 0. The van der Waals surface area contributed by atoms with E-state index in [1.807, 2.05) is 7.05 Å². The van der Waals surface area contributed by atoms with Crippen molar-refractivity contribution in [3.63, 3.8) is 0 Å². The normalized spacial score (nSPS) is 10.9. The Kier molecular flexibility index (Phi) is 3.69. The van der Waals surface area contributed by atoms with Crippen LogP contribution in [-0.2, 0) is 0 Å². The summed E-state index contributed by atoms with van der Waals surface area (Å²) in [6.45, 7) is 7.99. The lowest BCUT2D eigenvalue weighted by Crippen LogP contribution is -2.12. The molecular formula is C7H15N3. The number of hydrogen-bond donors (Lipinski definition) is 0. The minimum Gasteiger partial charge on any atom is -0.255 e. The van der Waals surface area contributed by atoms with Gasteiger partial charge in [0.25, 0.3) is 0 Å². The van der Waals surface area contributed by atoms with Crippen LogP contribution in [0.4, 0.5) is 0 Å². The molecule has 0 unspecified atom stereocenters. The average molecular weight is 141 g/mol. The van der Waals surface area contributed by atoms with E-state index in [2.05, 4.69) is 30.8 Å². The number of nitrogens with zero attached hydrogens (tertiary/aromatic N) is 3. The molecule has 0 aliphatic heterocycles. The molecule has 0 radical (unpaired) electrons. The third kappa shape index (κ3) is 2.62. The standard InChI is InChI=1S/C7H15N3/c1-6(2)7(3)10(5)9-8-4/h6H,3H2,1-2,4-5H3/b9-8-. The second kappa shape index (κ2) is 4.04. The molecule has 0 saturated carbocycles. The lowest BCUT2D eigenvalue weighted by Gasteiger charge is -2.16. The van der Waals surface area contributed by atoms with Crippen molar-refractivity contribution in [3.05, 3.63) is 12.3 Å². The summed E-state index contributed by atoms with van der Waals surface area (Å²) < 4.78 is 0. The zero-order valence-electron chi connectivity index (χ0n) is 7.13. The van der Waals surface area contributed by atoms with Crippen LogP contribution in [0.2, 0.25) is 0 Å². The van der Waals surface area contributed by atoms with E-state index >= 15 is 0 Å². The van der Waals surface area contributed by atoms with E-state index in [0.717, 1.165) is 5.70 Å². The predicted molar refractivity (Wildman–Crippen MR) is 42.5 cm³/mol. The fourth-order valence-corrected chi connectivity index (χ4v) is 0.565. The van der Waals surface area contributed by atoms with Crippen LogP contribution >= 0.6 is 0 Å². The predicted octanol–water partition coefficient (Wildman–Crippen LogP) is 2.08. The molecule has 0 spiro atoms. The molecule has 0 heterocycles. The number of allylic oxidation sites excluding steroid dienone is 1. The van der Waals surface area contributed by atoms with E-state index in [1.165, 1.54) is 0 Å². The highest BCUT2D eigenvalue weighted by Gasteiger charge is 2.03. The minimum absolute atomic E-state index is 0.426. The first-order valence-corrected chi connectivity index (χ1v) is 3.31. The van der Waals surface area contributed by atoms with Gasteiger partial charge in [-0.25, -0.2) is 0 Å². The van der Waals surface area contributed by atoms with Crippen LogP contribution in [0, 0.1) is 5.92 Å². The van der Waals surface area contributed by atoms with Crippen molar-refractivity contribution in [2.24, 2.45) is 16.3 Å². The molecule has 0 fully saturated rings. The van der Waals surface area contributed by atoms with Gasteiger partial charge in [0.1, 0.15) is 0 Å². The van der Waals surface area contributed by atoms with Crippen LogP contribution in [-0.4, -0.2) is 19.1 Å². The average Bonchev–Trinajstić information content (AvgIpc) is 1.87. The lowest BCUT2D eigenvalue weighted by molar-refractivity contribution is 0.372. The first-order valence-electron chi connectivity index (χ1n) is 3.31. The molecule has 0 amide bonds. The van der Waals surface area contributed by atoms with Gasteiger partial charge < -0.3 is 0 Å². The molecule has 0 aromatic rings. The monoisotopic (exact) mass is 141 g/mol. The summed E-state index contributed by atoms with van der Waals surface area (Å²) in [6, 6.07) is 0. The van der Waals surface area contributed by atoms with Gasteiger partial charge in [0, 0.05) is 12.7 Å². The van der Waals surface area contributed by atoms with Crippen molar-refractivity contribution in [1.82, 2.24) is 5.01 Å². The summed E-state index contributed by atoms with van der Waals surface area (Å²) in [5.41, 5.74) is 0.977. The van der Waals surface area contributed by atoms with E-state index in [-0.39, 0.29) is 0 Å². The summed E-state index contributed by atoms with van der Waals surface area (Å²) >= 11 is 0. The Morgan fingerprint density at radius 2 is 2.00 bits per heavy atom. The Hall–Kier alpha value is -0.860. The molecule has 0 aliphatic carbocycles. The summed E-state index contributed by atoms with van der Waals surface area (Å²) in [4.78, 5) is 0.